The molecule has 0 saturated carbocycles. The Hall–Kier alpha value is -2.08. The molecule has 116 valence electrons. The number of nitrogens with zero attached hydrogens (tertiary/aromatic N) is 2. The first-order valence-corrected chi connectivity index (χ1v) is 9.74. The maximum atomic E-state index is 11.8. The van der Waals surface area contributed by atoms with E-state index in [2.05, 4.69) is 4.98 Å². The number of rotatable bonds is 4. The Morgan fingerprint density at radius 1 is 1.27 bits per heavy atom. The van der Waals surface area contributed by atoms with E-state index in [0.29, 0.717) is 11.4 Å². The third kappa shape index (κ3) is 3.76. The Balaban J connectivity index is 2.36. The molecule has 1 heterocycles. The second-order valence-electron chi connectivity index (χ2n) is 4.64. The summed E-state index contributed by atoms with van der Waals surface area (Å²) in [4.78, 5) is 17.3. The zero-order valence-corrected chi connectivity index (χ0v) is 13.6. The summed E-state index contributed by atoms with van der Waals surface area (Å²) in [6.45, 7) is 1.55. The molecule has 0 radical (unpaired) electrons. The summed E-state index contributed by atoms with van der Waals surface area (Å²) in [5.41, 5.74) is 0.990. The average molecular weight is 366 g/mol. The number of aromatic nitrogens is 1. The first-order chi connectivity index (χ1) is 10.3. The van der Waals surface area contributed by atoms with Crippen LogP contribution in [0.2, 0.25) is 0 Å². The molecule has 0 fully saturated rings. The molecule has 0 aliphatic carbocycles. The van der Waals surface area contributed by atoms with E-state index in [0.717, 1.165) is 6.07 Å². The summed E-state index contributed by atoms with van der Waals surface area (Å²) in [6, 6.07) is 8.99. The second-order valence-corrected chi connectivity index (χ2v) is 7.94. The van der Waals surface area contributed by atoms with Crippen LogP contribution in [0.15, 0.2) is 42.6 Å². The molecule has 3 N–H and O–H groups in total. The van der Waals surface area contributed by atoms with Crippen LogP contribution in [0.25, 0.3) is 0 Å². The molecule has 2 rings (SSSR count). The van der Waals surface area contributed by atoms with E-state index in [9.17, 15) is 13.6 Å². The van der Waals surface area contributed by atoms with Crippen molar-refractivity contribution < 1.29 is 21.8 Å². The van der Waals surface area contributed by atoms with Crippen LogP contribution >= 0.6 is 0 Å². The van der Waals surface area contributed by atoms with Gasteiger partial charge in [0.2, 0.25) is 0 Å². The van der Waals surface area contributed by atoms with Gasteiger partial charge in [-0.3, -0.25) is 0 Å². The molecule has 0 aliphatic heterocycles. The second kappa shape index (κ2) is 6.35. The number of aromatic hydroxyl groups is 1. The first-order valence-electron chi connectivity index (χ1n) is 6.36. The van der Waals surface area contributed by atoms with Crippen LogP contribution in [0.4, 0.5) is 5.69 Å². The molecule has 1 amide bonds. The van der Waals surface area contributed by atoms with Crippen molar-refractivity contribution in [2.45, 2.75) is 13.5 Å². The number of hydrogen-bond donors (Lipinski definition) is 3. The number of hydrogen-bond acceptors (Lipinski definition) is 4. The minimum absolute atomic E-state index is 0.190. The number of carbonyl (C=O) groups excluding carboxylic acids is 1. The summed E-state index contributed by atoms with van der Waals surface area (Å²) in [7, 11) is 0. The Morgan fingerprint density at radius 3 is 2.50 bits per heavy atom. The number of phenols is 1. The molecule has 0 aliphatic rings. The number of amides is 1. The van der Waals surface area contributed by atoms with Gasteiger partial charge in [0.05, 0.1) is 0 Å². The molecule has 1 aromatic carbocycles. The van der Waals surface area contributed by atoms with Gasteiger partial charge in [-0.1, -0.05) is 0 Å². The Kier molecular flexibility index (Phi) is 4.71. The molecule has 0 bridgehead atoms. The van der Waals surface area contributed by atoms with E-state index < -0.39 is 24.3 Å². The summed E-state index contributed by atoms with van der Waals surface area (Å²) in [6.07, 6.45) is 1.60. The van der Waals surface area contributed by atoms with Gasteiger partial charge in [-0.2, -0.15) is 0 Å². The first kappa shape index (κ1) is 16.3. The van der Waals surface area contributed by atoms with Gasteiger partial charge in [-0.05, 0) is 0 Å². The molecule has 7 nitrogen and oxygen atoms in total. The van der Waals surface area contributed by atoms with Gasteiger partial charge in [0, 0.05) is 0 Å². The molecule has 2 aromatic rings. The van der Waals surface area contributed by atoms with Crippen molar-refractivity contribution in [3.63, 3.8) is 0 Å². The fourth-order valence-electron chi connectivity index (χ4n) is 1.96. The van der Waals surface area contributed by atoms with Gasteiger partial charge in [0.25, 0.3) is 0 Å². The van der Waals surface area contributed by atoms with Crippen molar-refractivity contribution in [1.82, 2.24) is 4.98 Å². The third-order valence-electron chi connectivity index (χ3n) is 3.01. The molecule has 0 spiro atoms. The van der Waals surface area contributed by atoms with Crippen LogP contribution in [-0.4, -0.2) is 38.4 Å². The molecule has 8 heteroatoms. The van der Waals surface area contributed by atoms with E-state index in [1.807, 2.05) is 0 Å². The van der Waals surface area contributed by atoms with Crippen LogP contribution < -0.4 is 9.25 Å². The molecule has 1 aromatic heterocycles. The van der Waals surface area contributed by atoms with E-state index in [4.69, 9.17) is 8.19 Å². The standard InChI is InChI=1S/C14H15AsN2O5/c1-10(18)17(9-11-4-2-3-7-16-11)12-5-6-13(14(19)8-12)15(20,21)22/h2-8,19H,9H2,1H3,(H2,20,21,22). The number of carbonyl (C=O) groups is 1. The molecule has 0 unspecified atom stereocenters. The van der Waals surface area contributed by atoms with Crippen molar-refractivity contribution in [3.05, 3.63) is 48.3 Å². The zero-order chi connectivity index (χ0) is 16.3. The number of benzene rings is 1. The van der Waals surface area contributed by atoms with Gasteiger partial charge in [-0.25, -0.2) is 0 Å². The average Bonchev–Trinajstić information content (AvgIpc) is 2.44. The number of anilines is 1. The Morgan fingerprint density at radius 2 is 2.00 bits per heavy atom. The Bertz CT molecular complexity index is 729. The van der Waals surface area contributed by atoms with Gasteiger partial charge >= 0.3 is 129 Å². The van der Waals surface area contributed by atoms with Crippen LogP contribution in [0.1, 0.15) is 12.6 Å². The van der Waals surface area contributed by atoms with Crippen LogP contribution in [0, 0.1) is 0 Å². The van der Waals surface area contributed by atoms with E-state index in [1.54, 1.807) is 24.4 Å². The maximum absolute atomic E-state index is 11.8. The summed E-state index contributed by atoms with van der Waals surface area (Å²) in [5, 5.41) is 9.79. The number of pyridine rings is 1. The molecular weight excluding hydrogens is 351 g/mol. The monoisotopic (exact) mass is 366 g/mol. The van der Waals surface area contributed by atoms with Crippen LogP contribution in [0.5, 0.6) is 5.75 Å². The fourth-order valence-corrected chi connectivity index (χ4v) is 3.29. The Labute approximate surface area is 129 Å². The van der Waals surface area contributed by atoms with Crippen molar-refractivity contribution in [2.75, 3.05) is 4.90 Å². The zero-order valence-electron chi connectivity index (χ0n) is 11.7. The van der Waals surface area contributed by atoms with Gasteiger partial charge in [0.15, 0.2) is 0 Å². The fraction of sp³-hybridized carbons (Fsp3) is 0.143. The topological polar surface area (TPSA) is 111 Å². The van der Waals surface area contributed by atoms with Gasteiger partial charge in [0.1, 0.15) is 0 Å². The summed E-state index contributed by atoms with van der Waals surface area (Å²) in [5.74, 6) is -0.809. The van der Waals surface area contributed by atoms with Gasteiger partial charge < -0.3 is 0 Å². The van der Waals surface area contributed by atoms with E-state index >= 15 is 0 Å². The predicted molar refractivity (Wildman–Crippen MR) is 79.7 cm³/mol. The summed E-state index contributed by atoms with van der Waals surface area (Å²) >= 11 is -5.20. The molecule has 0 saturated heterocycles. The SMILES string of the molecule is CC(=O)N(Cc1ccccn1)c1ccc([As](=O)(O)O)c(O)c1. The van der Waals surface area contributed by atoms with Crippen molar-refractivity contribution in [2.24, 2.45) is 0 Å². The quantitative estimate of drug-likeness (QED) is 0.652. The van der Waals surface area contributed by atoms with Crippen molar-refractivity contribution in [1.29, 1.82) is 0 Å². The molecule has 22 heavy (non-hydrogen) atoms. The van der Waals surface area contributed by atoms with Crippen molar-refractivity contribution in [3.8, 4) is 5.75 Å². The van der Waals surface area contributed by atoms with E-state index in [1.165, 1.54) is 24.0 Å². The van der Waals surface area contributed by atoms with Gasteiger partial charge in [-0.15, -0.1) is 0 Å². The van der Waals surface area contributed by atoms with E-state index in [-0.39, 0.29) is 12.5 Å². The normalized spacial score (nSPS) is 11.2. The van der Waals surface area contributed by atoms with Crippen LogP contribution in [-0.2, 0) is 15.1 Å². The summed E-state index contributed by atoms with van der Waals surface area (Å²) < 4.78 is 29.2. The molecule has 0 atom stereocenters. The predicted octanol–water partition coefficient (Wildman–Crippen LogP) is -0.0987. The number of phenolic OH excluding ortho intramolecular Hbond substituents is 1. The van der Waals surface area contributed by atoms with Crippen molar-refractivity contribution >= 4 is 30.1 Å². The third-order valence-corrected chi connectivity index (χ3v) is 5.12. The minimum atomic E-state index is -5.20. The molecular formula is C14H15AsN2O5. The van der Waals surface area contributed by atoms with Crippen LogP contribution in [0.3, 0.4) is 0 Å².